The van der Waals surface area contributed by atoms with E-state index in [-0.39, 0.29) is 23.9 Å². The number of carbonyl (C=O) groups is 2. The van der Waals surface area contributed by atoms with Gasteiger partial charge in [-0.1, -0.05) is 19.9 Å². The SMILES string of the molecule is COc1cccc(OC)c1C(=O)N[C@@H](C(=O)NCc1ccco1)C(C)C. The van der Waals surface area contributed by atoms with Crippen LogP contribution < -0.4 is 20.1 Å². The van der Waals surface area contributed by atoms with E-state index in [4.69, 9.17) is 13.9 Å². The summed E-state index contributed by atoms with van der Waals surface area (Å²) in [7, 11) is 2.95. The van der Waals surface area contributed by atoms with E-state index in [9.17, 15) is 9.59 Å². The highest BCUT2D eigenvalue weighted by atomic mass is 16.5. The molecule has 7 heteroatoms. The molecule has 1 heterocycles. The van der Waals surface area contributed by atoms with E-state index in [1.54, 1.807) is 30.3 Å². The molecule has 26 heavy (non-hydrogen) atoms. The highest BCUT2D eigenvalue weighted by Crippen LogP contribution is 2.28. The van der Waals surface area contributed by atoms with Crippen LogP contribution in [-0.2, 0) is 11.3 Å². The van der Waals surface area contributed by atoms with E-state index in [1.165, 1.54) is 20.5 Å². The minimum absolute atomic E-state index is 0.115. The van der Waals surface area contributed by atoms with Gasteiger partial charge in [0.2, 0.25) is 5.91 Å². The second-order valence-electron chi connectivity index (χ2n) is 6.03. The number of ether oxygens (including phenoxy) is 2. The molecular weight excluding hydrogens is 336 g/mol. The van der Waals surface area contributed by atoms with Crippen molar-refractivity contribution < 1.29 is 23.5 Å². The molecule has 2 aromatic rings. The van der Waals surface area contributed by atoms with Crippen LogP contribution in [0.3, 0.4) is 0 Å². The Kier molecular flexibility index (Phi) is 6.66. The van der Waals surface area contributed by atoms with Gasteiger partial charge in [-0.3, -0.25) is 9.59 Å². The zero-order valence-corrected chi connectivity index (χ0v) is 15.4. The van der Waals surface area contributed by atoms with Gasteiger partial charge in [0.15, 0.2) is 0 Å². The Morgan fingerprint density at radius 3 is 2.23 bits per heavy atom. The molecule has 2 amide bonds. The minimum Gasteiger partial charge on any atom is -0.496 e. The Labute approximate surface area is 152 Å². The fourth-order valence-corrected chi connectivity index (χ4v) is 2.52. The molecular formula is C19H24N2O5. The van der Waals surface area contributed by atoms with Gasteiger partial charge in [0.05, 0.1) is 27.0 Å². The van der Waals surface area contributed by atoms with Crippen molar-refractivity contribution in [1.29, 1.82) is 0 Å². The van der Waals surface area contributed by atoms with Crippen LogP contribution in [0.25, 0.3) is 0 Å². The van der Waals surface area contributed by atoms with Crippen molar-refractivity contribution in [2.75, 3.05) is 14.2 Å². The molecule has 2 N–H and O–H groups in total. The van der Waals surface area contributed by atoms with Crippen molar-refractivity contribution in [2.45, 2.75) is 26.4 Å². The lowest BCUT2D eigenvalue weighted by molar-refractivity contribution is -0.124. The molecule has 2 rings (SSSR count). The predicted molar refractivity (Wildman–Crippen MR) is 96.2 cm³/mol. The van der Waals surface area contributed by atoms with E-state index in [2.05, 4.69) is 10.6 Å². The molecule has 0 fully saturated rings. The Hall–Kier alpha value is -2.96. The summed E-state index contributed by atoms with van der Waals surface area (Å²) >= 11 is 0. The normalized spacial score (nSPS) is 11.7. The number of methoxy groups -OCH3 is 2. The molecule has 0 aliphatic carbocycles. The summed E-state index contributed by atoms with van der Waals surface area (Å²) in [5, 5.41) is 5.54. The van der Waals surface area contributed by atoms with Crippen LogP contribution in [0, 0.1) is 5.92 Å². The summed E-state index contributed by atoms with van der Waals surface area (Å²) in [5.74, 6) is 0.542. The van der Waals surface area contributed by atoms with E-state index in [1.807, 2.05) is 13.8 Å². The van der Waals surface area contributed by atoms with Crippen LogP contribution in [0.5, 0.6) is 11.5 Å². The molecule has 0 unspecified atom stereocenters. The minimum atomic E-state index is -0.716. The Bertz CT molecular complexity index is 718. The van der Waals surface area contributed by atoms with Gasteiger partial charge in [-0.25, -0.2) is 0 Å². The van der Waals surface area contributed by atoms with E-state index >= 15 is 0 Å². The maximum absolute atomic E-state index is 12.8. The van der Waals surface area contributed by atoms with Crippen molar-refractivity contribution in [3.63, 3.8) is 0 Å². The Morgan fingerprint density at radius 2 is 1.73 bits per heavy atom. The van der Waals surface area contributed by atoms with Crippen molar-refractivity contribution in [3.05, 3.63) is 47.9 Å². The summed E-state index contributed by atoms with van der Waals surface area (Å²) in [6, 6.07) is 7.86. The molecule has 0 spiro atoms. The van der Waals surface area contributed by atoms with Crippen LogP contribution in [0.4, 0.5) is 0 Å². The standard InChI is InChI=1S/C19H24N2O5/c1-12(2)17(19(23)20-11-13-7-6-10-26-13)21-18(22)16-14(24-3)8-5-9-15(16)25-4/h5-10,12,17H,11H2,1-4H3,(H,20,23)(H,21,22)/t17-/m1/s1. The van der Waals surface area contributed by atoms with Gasteiger partial charge >= 0.3 is 0 Å². The Morgan fingerprint density at radius 1 is 1.08 bits per heavy atom. The summed E-state index contributed by atoms with van der Waals surface area (Å²) in [5.41, 5.74) is 0.252. The lowest BCUT2D eigenvalue weighted by atomic mass is 10.0. The smallest absolute Gasteiger partial charge is 0.259 e. The van der Waals surface area contributed by atoms with E-state index < -0.39 is 11.9 Å². The molecule has 0 bridgehead atoms. The van der Waals surface area contributed by atoms with Crippen LogP contribution in [0.2, 0.25) is 0 Å². The van der Waals surface area contributed by atoms with Gasteiger partial charge in [-0.05, 0) is 30.2 Å². The second kappa shape index (κ2) is 8.94. The van der Waals surface area contributed by atoms with Crippen molar-refractivity contribution >= 4 is 11.8 Å². The van der Waals surface area contributed by atoms with Crippen molar-refractivity contribution in [2.24, 2.45) is 5.92 Å². The summed E-state index contributed by atoms with van der Waals surface area (Å²) < 4.78 is 15.7. The molecule has 0 saturated heterocycles. The summed E-state index contributed by atoms with van der Waals surface area (Å²) in [6.07, 6.45) is 1.54. The lowest BCUT2D eigenvalue weighted by Crippen LogP contribution is -2.49. The first-order valence-corrected chi connectivity index (χ1v) is 8.29. The van der Waals surface area contributed by atoms with Crippen molar-refractivity contribution in [3.8, 4) is 11.5 Å². The number of nitrogens with one attached hydrogen (secondary N) is 2. The predicted octanol–water partition coefficient (Wildman–Crippen LogP) is 2.37. The highest BCUT2D eigenvalue weighted by Gasteiger charge is 2.27. The van der Waals surface area contributed by atoms with Crippen LogP contribution in [0.15, 0.2) is 41.0 Å². The third kappa shape index (κ3) is 4.56. The number of hydrogen-bond donors (Lipinski definition) is 2. The zero-order chi connectivity index (χ0) is 19.1. The fraction of sp³-hybridized carbons (Fsp3) is 0.368. The highest BCUT2D eigenvalue weighted by molar-refractivity contribution is 6.02. The topological polar surface area (TPSA) is 89.8 Å². The van der Waals surface area contributed by atoms with Crippen LogP contribution >= 0.6 is 0 Å². The number of benzene rings is 1. The third-order valence-corrected chi connectivity index (χ3v) is 3.91. The number of furan rings is 1. The fourth-order valence-electron chi connectivity index (χ4n) is 2.52. The molecule has 7 nitrogen and oxygen atoms in total. The maximum atomic E-state index is 12.8. The van der Waals surface area contributed by atoms with E-state index in [0.29, 0.717) is 17.3 Å². The molecule has 0 radical (unpaired) electrons. The monoisotopic (exact) mass is 360 g/mol. The average Bonchev–Trinajstić information content (AvgIpc) is 3.16. The third-order valence-electron chi connectivity index (χ3n) is 3.91. The van der Waals surface area contributed by atoms with Crippen LogP contribution in [0.1, 0.15) is 30.0 Å². The van der Waals surface area contributed by atoms with Gasteiger partial charge < -0.3 is 24.5 Å². The molecule has 1 aromatic heterocycles. The number of rotatable bonds is 8. The summed E-state index contributed by atoms with van der Waals surface area (Å²) in [6.45, 7) is 3.97. The van der Waals surface area contributed by atoms with Crippen molar-refractivity contribution in [1.82, 2.24) is 10.6 Å². The number of carbonyl (C=O) groups excluding carboxylic acids is 2. The van der Waals surface area contributed by atoms with Gasteiger partial charge in [-0.15, -0.1) is 0 Å². The lowest BCUT2D eigenvalue weighted by Gasteiger charge is -2.22. The molecule has 1 atom stereocenters. The first-order chi connectivity index (χ1) is 12.5. The first-order valence-electron chi connectivity index (χ1n) is 8.29. The van der Waals surface area contributed by atoms with E-state index in [0.717, 1.165) is 0 Å². The van der Waals surface area contributed by atoms with Gasteiger partial charge in [0, 0.05) is 0 Å². The molecule has 140 valence electrons. The molecule has 1 aromatic carbocycles. The largest absolute Gasteiger partial charge is 0.496 e. The molecule has 0 aliphatic heterocycles. The first kappa shape index (κ1) is 19.4. The van der Waals surface area contributed by atoms with Gasteiger partial charge in [0.1, 0.15) is 28.9 Å². The zero-order valence-electron chi connectivity index (χ0n) is 15.4. The quantitative estimate of drug-likeness (QED) is 0.754. The average molecular weight is 360 g/mol. The van der Waals surface area contributed by atoms with Gasteiger partial charge in [-0.2, -0.15) is 0 Å². The second-order valence-corrected chi connectivity index (χ2v) is 6.03. The molecule has 0 saturated carbocycles. The maximum Gasteiger partial charge on any atom is 0.259 e. The van der Waals surface area contributed by atoms with Gasteiger partial charge in [0.25, 0.3) is 5.91 Å². The molecule has 0 aliphatic rings. The number of amides is 2. The van der Waals surface area contributed by atoms with Crippen LogP contribution in [-0.4, -0.2) is 32.1 Å². The Balaban J connectivity index is 2.14. The summed E-state index contributed by atoms with van der Waals surface area (Å²) in [4.78, 5) is 25.3. The number of hydrogen-bond acceptors (Lipinski definition) is 5.